The first-order valence-corrected chi connectivity index (χ1v) is 9.03. The number of methoxy groups -OCH3 is 1. The highest BCUT2D eigenvalue weighted by Crippen LogP contribution is 2.37. The minimum atomic E-state index is -0.922. The molecule has 1 heterocycles. The normalized spacial score (nSPS) is 20.3. The van der Waals surface area contributed by atoms with Crippen molar-refractivity contribution in [3.63, 3.8) is 0 Å². The highest BCUT2D eigenvalue weighted by molar-refractivity contribution is 6.31. The fourth-order valence-corrected chi connectivity index (χ4v) is 3.50. The van der Waals surface area contributed by atoms with Crippen LogP contribution < -0.4 is 5.32 Å². The van der Waals surface area contributed by atoms with Crippen LogP contribution in [0.15, 0.2) is 57.8 Å². The third-order valence-electron chi connectivity index (χ3n) is 4.60. The number of rotatable bonds is 3. The number of halogens is 4. The number of hydrogen-bond acceptors (Lipinski definition) is 4. The van der Waals surface area contributed by atoms with E-state index in [1.807, 2.05) is 0 Å². The van der Waals surface area contributed by atoms with Crippen molar-refractivity contribution in [2.45, 2.75) is 32.2 Å². The monoisotopic (exact) mass is 410 g/mol. The summed E-state index contributed by atoms with van der Waals surface area (Å²) in [4.78, 5) is 16.8. The lowest BCUT2D eigenvalue weighted by Gasteiger charge is -2.27. The second-order valence-electron chi connectivity index (χ2n) is 6.47. The van der Waals surface area contributed by atoms with Crippen molar-refractivity contribution in [3.05, 3.63) is 69.2 Å². The number of carbonyl (C=O) groups excluding carboxylic acids is 1. The van der Waals surface area contributed by atoms with Crippen LogP contribution in [-0.4, -0.2) is 18.9 Å². The fraction of sp³-hybridized carbons (Fsp3) is 0.300. The summed E-state index contributed by atoms with van der Waals surface area (Å²) >= 11 is 6.18. The maximum absolute atomic E-state index is 14.5. The van der Waals surface area contributed by atoms with Gasteiger partial charge in [0.15, 0.2) is 0 Å². The van der Waals surface area contributed by atoms with Crippen molar-refractivity contribution < 1.29 is 22.7 Å². The van der Waals surface area contributed by atoms with Crippen LogP contribution in [0.25, 0.3) is 0 Å². The first-order chi connectivity index (χ1) is 13.3. The summed E-state index contributed by atoms with van der Waals surface area (Å²) < 4.78 is 46.4. The van der Waals surface area contributed by atoms with Gasteiger partial charge in [-0.3, -0.25) is 4.99 Å². The van der Waals surface area contributed by atoms with Gasteiger partial charge in [-0.05, 0) is 38.3 Å². The Bertz CT molecular complexity index is 951. The first-order valence-electron chi connectivity index (χ1n) is 8.65. The molecule has 8 heteroatoms. The van der Waals surface area contributed by atoms with Gasteiger partial charge in [-0.1, -0.05) is 17.7 Å². The van der Waals surface area contributed by atoms with Crippen LogP contribution in [0.5, 0.6) is 0 Å². The van der Waals surface area contributed by atoms with Crippen molar-refractivity contribution in [1.29, 1.82) is 0 Å². The van der Waals surface area contributed by atoms with Gasteiger partial charge >= 0.3 is 5.97 Å². The number of esters is 1. The standard InChI is InChI=1S/C20H18ClF3N2O2/c1-10-17(20(27)28-2)18(13-7-6-12(23)8-15(13)21)26-19(25-10)14-5-3-4-11(22)9-16(14)24/h6-9,18H,3-5H2,1-2H3,(H,25,26). The van der Waals surface area contributed by atoms with E-state index in [-0.39, 0.29) is 34.8 Å². The fourth-order valence-electron chi connectivity index (χ4n) is 3.23. The van der Waals surface area contributed by atoms with Crippen LogP contribution in [0.3, 0.4) is 0 Å². The topological polar surface area (TPSA) is 50.7 Å². The van der Waals surface area contributed by atoms with Crippen LogP contribution in [0, 0.1) is 5.82 Å². The van der Waals surface area contributed by atoms with Crippen molar-refractivity contribution in [1.82, 2.24) is 5.32 Å². The molecule has 0 saturated carbocycles. The molecule has 0 bridgehead atoms. The Kier molecular flexibility index (Phi) is 5.93. The molecule has 1 aliphatic carbocycles. The summed E-state index contributed by atoms with van der Waals surface area (Å²) in [7, 11) is 1.23. The van der Waals surface area contributed by atoms with Gasteiger partial charge in [-0.15, -0.1) is 0 Å². The number of benzene rings is 1. The lowest BCUT2D eigenvalue weighted by Crippen LogP contribution is -2.33. The van der Waals surface area contributed by atoms with E-state index in [1.165, 1.54) is 19.2 Å². The molecule has 0 spiro atoms. The largest absolute Gasteiger partial charge is 0.466 e. The molecular formula is C20H18ClF3N2O2. The van der Waals surface area contributed by atoms with Crippen molar-refractivity contribution in [3.8, 4) is 0 Å². The smallest absolute Gasteiger partial charge is 0.338 e. The number of aliphatic imine (C=N–C) groups is 1. The average Bonchev–Trinajstić information content (AvgIpc) is 2.80. The van der Waals surface area contributed by atoms with Gasteiger partial charge in [-0.25, -0.2) is 18.0 Å². The molecule has 0 amide bonds. The zero-order chi connectivity index (χ0) is 20.4. The third-order valence-corrected chi connectivity index (χ3v) is 4.93. The molecule has 0 radical (unpaired) electrons. The first kappa shape index (κ1) is 20.2. The number of amidine groups is 1. The van der Waals surface area contributed by atoms with Gasteiger partial charge in [-0.2, -0.15) is 0 Å². The van der Waals surface area contributed by atoms with Crippen molar-refractivity contribution in [2.24, 2.45) is 4.99 Å². The minimum Gasteiger partial charge on any atom is -0.466 e. The number of hydrogen-bond donors (Lipinski definition) is 1. The van der Waals surface area contributed by atoms with Crippen LogP contribution in [0.4, 0.5) is 13.2 Å². The molecule has 1 N–H and O–H groups in total. The minimum absolute atomic E-state index is 0.0745. The highest BCUT2D eigenvalue weighted by Gasteiger charge is 2.33. The zero-order valence-electron chi connectivity index (χ0n) is 15.3. The molecule has 0 aromatic heterocycles. The Morgan fingerprint density at radius 1 is 1.29 bits per heavy atom. The SMILES string of the molecule is COC(=O)C1=C(C)NC(C2=C(F)C=C(F)CCC2)=NC1c1ccc(F)cc1Cl. The predicted octanol–water partition coefficient (Wildman–Crippen LogP) is 5.23. The molecule has 0 saturated heterocycles. The molecule has 1 aromatic rings. The number of ether oxygens (including phenoxy) is 1. The molecule has 3 rings (SSSR count). The quantitative estimate of drug-likeness (QED) is 0.694. The Balaban J connectivity index is 2.14. The van der Waals surface area contributed by atoms with Crippen molar-refractivity contribution in [2.75, 3.05) is 7.11 Å². The summed E-state index contributed by atoms with van der Waals surface area (Å²) in [5.74, 6) is -2.26. The van der Waals surface area contributed by atoms with E-state index >= 15 is 0 Å². The molecule has 4 nitrogen and oxygen atoms in total. The van der Waals surface area contributed by atoms with Crippen LogP contribution in [0.1, 0.15) is 37.8 Å². The number of nitrogens with zero attached hydrogens (tertiary/aromatic N) is 1. The second kappa shape index (κ2) is 8.22. The molecule has 2 aliphatic rings. The highest BCUT2D eigenvalue weighted by atomic mass is 35.5. The Labute approximate surface area is 165 Å². The van der Waals surface area contributed by atoms with Gasteiger partial charge in [0.1, 0.15) is 29.3 Å². The summed E-state index contributed by atoms with van der Waals surface area (Å²) in [5, 5.41) is 2.99. The molecule has 148 valence electrons. The van der Waals surface area contributed by atoms with E-state index in [0.717, 1.165) is 12.1 Å². The van der Waals surface area contributed by atoms with Gasteiger partial charge in [0.2, 0.25) is 0 Å². The number of allylic oxidation sites excluding steroid dienone is 4. The van der Waals surface area contributed by atoms with E-state index in [2.05, 4.69) is 10.3 Å². The maximum Gasteiger partial charge on any atom is 0.338 e. The molecule has 1 atom stereocenters. The Morgan fingerprint density at radius 3 is 2.71 bits per heavy atom. The molecule has 1 aromatic carbocycles. The van der Waals surface area contributed by atoms with Gasteiger partial charge in [0.25, 0.3) is 0 Å². The Morgan fingerprint density at radius 2 is 2.04 bits per heavy atom. The van der Waals surface area contributed by atoms with Gasteiger partial charge < -0.3 is 10.1 Å². The van der Waals surface area contributed by atoms with Gasteiger partial charge in [0, 0.05) is 27.9 Å². The van der Waals surface area contributed by atoms with Crippen molar-refractivity contribution >= 4 is 23.4 Å². The lowest BCUT2D eigenvalue weighted by atomic mass is 9.94. The summed E-state index contributed by atoms with van der Waals surface area (Å²) in [6.07, 6.45) is 1.67. The zero-order valence-corrected chi connectivity index (χ0v) is 16.0. The molecule has 1 unspecified atom stereocenters. The second-order valence-corrected chi connectivity index (χ2v) is 6.88. The summed E-state index contributed by atoms with van der Waals surface area (Å²) in [6, 6.07) is 2.81. The molecular weight excluding hydrogens is 393 g/mol. The lowest BCUT2D eigenvalue weighted by molar-refractivity contribution is -0.136. The number of nitrogens with one attached hydrogen (secondary N) is 1. The maximum atomic E-state index is 14.5. The van der Waals surface area contributed by atoms with Crippen LogP contribution in [0.2, 0.25) is 5.02 Å². The Hall–Kier alpha value is -2.54. The number of carbonyl (C=O) groups is 1. The van der Waals surface area contributed by atoms with Crippen LogP contribution >= 0.6 is 11.6 Å². The summed E-state index contributed by atoms with van der Waals surface area (Å²) in [5.41, 5.74) is 1.16. The molecule has 28 heavy (non-hydrogen) atoms. The predicted molar refractivity (Wildman–Crippen MR) is 101 cm³/mol. The van der Waals surface area contributed by atoms with E-state index < -0.39 is 29.5 Å². The van der Waals surface area contributed by atoms with E-state index in [0.29, 0.717) is 17.7 Å². The average molecular weight is 411 g/mol. The molecule has 0 fully saturated rings. The van der Waals surface area contributed by atoms with Gasteiger partial charge in [0.05, 0.1) is 12.7 Å². The van der Waals surface area contributed by atoms with Crippen LogP contribution in [-0.2, 0) is 9.53 Å². The van der Waals surface area contributed by atoms with E-state index in [4.69, 9.17) is 16.3 Å². The summed E-state index contributed by atoms with van der Waals surface area (Å²) in [6.45, 7) is 1.62. The van der Waals surface area contributed by atoms with E-state index in [1.54, 1.807) is 6.92 Å². The van der Waals surface area contributed by atoms with E-state index in [9.17, 15) is 18.0 Å². The molecule has 1 aliphatic heterocycles. The third kappa shape index (κ3) is 3.99.